The van der Waals surface area contributed by atoms with Crippen molar-refractivity contribution in [3.63, 3.8) is 0 Å². The summed E-state index contributed by atoms with van der Waals surface area (Å²) in [5, 5.41) is 2.74. The van der Waals surface area contributed by atoms with Gasteiger partial charge in [-0.15, -0.1) is 13.2 Å². The van der Waals surface area contributed by atoms with Gasteiger partial charge in [-0.1, -0.05) is 12.1 Å². The first kappa shape index (κ1) is 20.0. The molecular weight excluding hydrogens is 403 g/mol. The fraction of sp³-hybridized carbons (Fsp3) is 0.316. The average Bonchev–Trinajstić information content (AvgIpc) is 3.07. The summed E-state index contributed by atoms with van der Waals surface area (Å²) in [6.45, 7) is 1.79. The van der Waals surface area contributed by atoms with E-state index in [1.165, 1.54) is 33.4 Å². The number of halogens is 3. The number of nitrogens with zero attached hydrogens (tertiary/aromatic N) is 4. The molecule has 1 aliphatic heterocycles. The van der Waals surface area contributed by atoms with Gasteiger partial charge < -0.3 is 14.6 Å². The van der Waals surface area contributed by atoms with E-state index in [1.807, 2.05) is 4.90 Å². The molecule has 2 aromatic heterocycles. The number of ether oxygens (including phenoxy) is 1. The molecule has 4 rings (SSSR count). The molecule has 0 bridgehead atoms. The van der Waals surface area contributed by atoms with Crippen molar-refractivity contribution in [1.29, 1.82) is 0 Å². The number of nitrogens with one attached hydrogen (secondary N) is 1. The lowest BCUT2D eigenvalue weighted by Gasteiger charge is -2.25. The molecule has 0 spiro atoms. The van der Waals surface area contributed by atoms with Gasteiger partial charge in [0.1, 0.15) is 5.75 Å². The molecule has 1 aromatic carbocycles. The summed E-state index contributed by atoms with van der Waals surface area (Å²) in [4.78, 5) is 30.6. The van der Waals surface area contributed by atoms with Crippen LogP contribution in [-0.4, -0.2) is 50.8 Å². The number of carbonyl (C=O) groups is 1. The topological polar surface area (TPSA) is 80.9 Å². The number of carbonyl (C=O) groups excluding carboxylic acids is 1. The molecule has 0 aliphatic carbocycles. The second-order valence-corrected chi connectivity index (χ2v) is 7.00. The van der Waals surface area contributed by atoms with E-state index in [4.69, 9.17) is 0 Å². The Morgan fingerprint density at radius 3 is 2.77 bits per heavy atom. The number of rotatable bonds is 4. The van der Waals surface area contributed by atoms with Crippen molar-refractivity contribution in [3.8, 4) is 16.9 Å². The Labute approximate surface area is 168 Å². The lowest BCUT2D eigenvalue weighted by molar-refractivity contribution is -0.274. The number of hydrogen-bond donors (Lipinski definition) is 1. The Hall–Kier alpha value is -3.34. The normalized spacial score (nSPS) is 15.4. The van der Waals surface area contributed by atoms with Gasteiger partial charge in [0.2, 0.25) is 5.91 Å². The van der Waals surface area contributed by atoms with E-state index in [9.17, 15) is 22.8 Å². The van der Waals surface area contributed by atoms with E-state index in [1.54, 1.807) is 19.3 Å². The number of aromatic nitrogens is 3. The first-order valence-electron chi connectivity index (χ1n) is 9.12. The number of benzene rings is 1. The average molecular weight is 421 g/mol. The monoisotopic (exact) mass is 421 g/mol. The molecule has 0 saturated carbocycles. The lowest BCUT2D eigenvalue weighted by Crippen LogP contribution is -2.47. The Balaban J connectivity index is 1.74. The van der Waals surface area contributed by atoms with Crippen LogP contribution < -0.4 is 15.7 Å². The summed E-state index contributed by atoms with van der Waals surface area (Å²) >= 11 is 0. The smallest absolute Gasteiger partial charge is 0.406 e. The van der Waals surface area contributed by atoms with Gasteiger partial charge in [0.25, 0.3) is 0 Å². The molecule has 1 amide bonds. The van der Waals surface area contributed by atoms with Crippen LogP contribution in [0.15, 0.2) is 41.5 Å². The number of hydrogen-bond acceptors (Lipinski definition) is 5. The third-order valence-corrected chi connectivity index (χ3v) is 4.71. The first-order valence-corrected chi connectivity index (χ1v) is 9.12. The van der Waals surface area contributed by atoms with E-state index in [-0.39, 0.29) is 23.9 Å². The molecule has 1 saturated heterocycles. The molecule has 0 radical (unpaired) electrons. The van der Waals surface area contributed by atoms with E-state index in [2.05, 4.69) is 15.0 Å². The van der Waals surface area contributed by atoms with Crippen molar-refractivity contribution in [2.75, 3.05) is 19.6 Å². The third-order valence-electron chi connectivity index (χ3n) is 4.71. The minimum absolute atomic E-state index is 0.0805. The van der Waals surface area contributed by atoms with Gasteiger partial charge in [-0.2, -0.15) is 0 Å². The van der Waals surface area contributed by atoms with Gasteiger partial charge in [-0.05, 0) is 17.7 Å². The maximum absolute atomic E-state index is 12.6. The number of imidazole rings is 1. The van der Waals surface area contributed by atoms with Crippen LogP contribution in [-0.2, 0) is 18.4 Å². The van der Waals surface area contributed by atoms with Crippen molar-refractivity contribution >= 4 is 11.6 Å². The Morgan fingerprint density at radius 1 is 1.23 bits per heavy atom. The Bertz CT molecular complexity index is 1170. The van der Waals surface area contributed by atoms with E-state index >= 15 is 0 Å². The SMILES string of the molecule is Cn1cc(-c2cccc(OC(F)(F)F)c2)c2nc(CN3CCNC(=O)C3)cn2c1=O. The van der Waals surface area contributed by atoms with Gasteiger partial charge >= 0.3 is 12.1 Å². The fourth-order valence-electron chi connectivity index (χ4n) is 3.44. The van der Waals surface area contributed by atoms with Crippen molar-refractivity contribution in [2.24, 2.45) is 7.05 Å². The van der Waals surface area contributed by atoms with E-state index in [0.29, 0.717) is 42.1 Å². The second kappa shape index (κ2) is 7.48. The zero-order chi connectivity index (χ0) is 21.5. The summed E-state index contributed by atoms with van der Waals surface area (Å²) in [5.74, 6) is -0.443. The maximum Gasteiger partial charge on any atom is 0.573 e. The van der Waals surface area contributed by atoms with Crippen LogP contribution >= 0.6 is 0 Å². The number of fused-ring (bicyclic) bond motifs is 1. The highest BCUT2D eigenvalue weighted by Crippen LogP contribution is 2.29. The molecular formula is C19H18F3N5O3. The number of alkyl halides is 3. The van der Waals surface area contributed by atoms with Crippen molar-refractivity contribution in [1.82, 2.24) is 24.2 Å². The predicted molar refractivity (Wildman–Crippen MR) is 101 cm³/mol. The zero-order valence-corrected chi connectivity index (χ0v) is 15.9. The predicted octanol–water partition coefficient (Wildman–Crippen LogP) is 1.53. The van der Waals surface area contributed by atoms with Gasteiger partial charge in [0, 0.05) is 44.6 Å². The molecule has 0 unspecified atom stereocenters. The molecule has 11 heteroatoms. The van der Waals surface area contributed by atoms with E-state index < -0.39 is 6.36 Å². The molecule has 30 heavy (non-hydrogen) atoms. The molecule has 0 atom stereocenters. The van der Waals surface area contributed by atoms with Gasteiger partial charge in [0.15, 0.2) is 5.65 Å². The van der Waals surface area contributed by atoms with Crippen LogP contribution in [0.25, 0.3) is 16.8 Å². The third kappa shape index (κ3) is 4.15. The largest absolute Gasteiger partial charge is 0.573 e. The highest BCUT2D eigenvalue weighted by molar-refractivity contribution is 5.79. The second-order valence-electron chi connectivity index (χ2n) is 7.00. The summed E-state index contributed by atoms with van der Waals surface area (Å²) < 4.78 is 44.4. The summed E-state index contributed by atoms with van der Waals surface area (Å²) in [6.07, 6.45) is -1.70. The molecule has 1 N–H and O–H groups in total. The fourth-order valence-corrected chi connectivity index (χ4v) is 3.44. The standard InChI is InChI=1S/C19H18F3N5O3/c1-25-10-15(12-3-2-4-14(7-12)30-19(20,21)22)17-24-13(9-27(17)18(25)29)8-26-6-5-23-16(28)11-26/h2-4,7,9-10H,5-6,8,11H2,1H3,(H,23,28). The number of aryl methyl sites for hydroxylation is 1. The molecule has 158 valence electrons. The molecule has 3 aromatic rings. The van der Waals surface area contributed by atoms with Crippen molar-refractivity contribution in [3.05, 3.63) is 52.8 Å². The highest BCUT2D eigenvalue weighted by atomic mass is 19.4. The van der Waals surface area contributed by atoms with Gasteiger partial charge in [-0.25, -0.2) is 9.78 Å². The summed E-state index contributed by atoms with van der Waals surface area (Å²) in [7, 11) is 1.55. The first-order chi connectivity index (χ1) is 14.2. The Kier molecular flexibility index (Phi) is 4.98. The quantitative estimate of drug-likeness (QED) is 0.691. The summed E-state index contributed by atoms with van der Waals surface area (Å²) in [6, 6.07) is 5.51. The molecule has 3 heterocycles. The van der Waals surface area contributed by atoms with E-state index in [0.717, 1.165) is 0 Å². The van der Waals surface area contributed by atoms with Crippen LogP contribution in [0.3, 0.4) is 0 Å². The lowest BCUT2D eigenvalue weighted by atomic mass is 10.1. The van der Waals surface area contributed by atoms with Gasteiger partial charge in [0.05, 0.1) is 12.2 Å². The summed E-state index contributed by atoms with van der Waals surface area (Å²) in [5.41, 5.74) is 1.46. The van der Waals surface area contributed by atoms with Crippen LogP contribution in [0, 0.1) is 0 Å². The maximum atomic E-state index is 12.6. The van der Waals surface area contributed by atoms with Crippen LogP contribution in [0.2, 0.25) is 0 Å². The molecule has 8 nitrogen and oxygen atoms in total. The minimum Gasteiger partial charge on any atom is -0.406 e. The number of piperazine rings is 1. The van der Waals surface area contributed by atoms with Crippen LogP contribution in [0.1, 0.15) is 5.69 Å². The highest BCUT2D eigenvalue weighted by Gasteiger charge is 2.31. The zero-order valence-electron chi connectivity index (χ0n) is 15.9. The Morgan fingerprint density at radius 2 is 2.03 bits per heavy atom. The molecule has 1 aliphatic rings. The van der Waals surface area contributed by atoms with Crippen LogP contribution in [0.5, 0.6) is 5.75 Å². The minimum atomic E-state index is -4.81. The van der Waals surface area contributed by atoms with Gasteiger partial charge in [-0.3, -0.25) is 14.1 Å². The molecule has 1 fully saturated rings. The van der Waals surface area contributed by atoms with Crippen molar-refractivity contribution < 1.29 is 22.7 Å². The van der Waals surface area contributed by atoms with Crippen LogP contribution in [0.4, 0.5) is 13.2 Å². The van der Waals surface area contributed by atoms with Crippen molar-refractivity contribution in [2.45, 2.75) is 12.9 Å². The number of amides is 1.